The number of aromatic nitrogens is 5. The van der Waals surface area contributed by atoms with E-state index in [1.54, 1.807) is 35.1 Å². The average Bonchev–Trinajstić information content (AvgIpc) is 3.42. The van der Waals surface area contributed by atoms with Crippen LogP contribution in [0, 0.1) is 0 Å². The quantitative estimate of drug-likeness (QED) is 0.499. The molecular formula is C17H16N6S2. The van der Waals surface area contributed by atoms with Gasteiger partial charge in [-0.05, 0) is 17.9 Å². The molecule has 0 unspecified atom stereocenters. The highest BCUT2D eigenvalue weighted by Gasteiger charge is 2.14. The van der Waals surface area contributed by atoms with Crippen LogP contribution in [0.1, 0.15) is 6.42 Å². The first-order valence-corrected chi connectivity index (χ1v) is 9.66. The average molecular weight is 368 g/mol. The Morgan fingerprint density at radius 2 is 2.12 bits per heavy atom. The summed E-state index contributed by atoms with van der Waals surface area (Å²) in [6, 6.07) is 4.12. The molecule has 0 saturated heterocycles. The Morgan fingerprint density at radius 3 is 2.88 bits per heavy atom. The zero-order valence-electron chi connectivity index (χ0n) is 13.4. The van der Waals surface area contributed by atoms with Gasteiger partial charge in [0.15, 0.2) is 0 Å². The van der Waals surface area contributed by atoms with Gasteiger partial charge in [-0.25, -0.2) is 19.9 Å². The predicted molar refractivity (Wildman–Crippen MR) is 102 cm³/mol. The second-order valence-corrected chi connectivity index (χ2v) is 7.19. The van der Waals surface area contributed by atoms with E-state index in [2.05, 4.69) is 36.3 Å². The Morgan fingerprint density at radius 1 is 1.12 bits per heavy atom. The Balaban J connectivity index is 1.50. The number of hydrogen-bond donors (Lipinski definition) is 1. The summed E-state index contributed by atoms with van der Waals surface area (Å²) in [6.07, 6.45) is 10.2. The number of imidazole rings is 1. The van der Waals surface area contributed by atoms with Gasteiger partial charge in [0.2, 0.25) is 5.95 Å². The van der Waals surface area contributed by atoms with E-state index >= 15 is 0 Å². The maximum Gasteiger partial charge on any atom is 0.223 e. The smallest absolute Gasteiger partial charge is 0.223 e. The first kappa shape index (κ1) is 15.9. The second-order valence-electron chi connectivity index (χ2n) is 5.35. The highest BCUT2D eigenvalue weighted by atomic mass is 32.1. The van der Waals surface area contributed by atoms with Crippen molar-refractivity contribution in [3.63, 3.8) is 0 Å². The van der Waals surface area contributed by atoms with Gasteiger partial charge in [0, 0.05) is 53.7 Å². The summed E-state index contributed by atoms with van der Waals surface area (Å²) in [5, 5.41) is 8.24. The fourth-order valence-corrected chi connectivity index (χ4v) is 3.84. The molecule has 0 atom stereocenters. The third-order valence-corrected chi connectivity index (χ3v) is 5.33. The van der Waals surface area contributed by atoms with Crippen molar-refractivity contribution in [1.82, 2.24) is 24.5 Å². The Kier molecular flexibility index (Phi) is 4.80. The molecule has 6 nitrogen and oxygen atoms in total. The van der Waals surface area contributed by atoms with Crippen molar-refractivity contribution in [2.24, 2.45) is 0 Å². The first-order valence-electron chi connectivity index (χ1n) is 7.90. The van der Waals surface area contributed by atoms with E-state index in [1.165, 1.54) is 0 Å². The Hall–Kier alpha value is -2.58. The van der Waals surface area contributed by atoms with Gasteiger partial charge in [0.05, 0.1) is 6.33 Å². The largest absolute Gasteiger partial charge is 0.354 e. The highest BCUT2D eigenvalue weighted by Crippen LogP contribution is 2.34. The minimum Gasteiger partial charge on any atom is -0.354 e. The molecule has 0 spiro atoms. The summed E-state index contributed by atoms with van der Waals surface area (Å²) in [5.74, 6) is 0.635. The summed E-state index contributed by atoms with van der Waals surface area (Å²) in [4.78, 5) is 18.8. The van der Waals surface area contributed by atoms with Gasteiger partial charge < -0.3 is 9.88 Å². The van der Waals surface area contributed by atoms with Gasteiger partial charge in [-0.2, -0.15) is 0 Å². The summed E-state index contributed by atoms with van der Waals surface area (Å²) in [6.45, 7) is 1.72. The van der Waals surface area contributed by atoms with Gasteiger partial charge in [-0.1, -0.05) is 6.07 Å². The van der Waals surface area contributed by atoms with Gasteiger partial charge in [0.25, 0.3) is 0 Å². The van der Waals surface area contributed by atoms with Crippen molar-refractivity contribution >= 4 is 28.6 Å². The van der Waals surface area contributed by atoms with Crippen LogP contribution >= 0.6 is 22.7 Å². The Bertz CT molecular complexity index is 901. The lowest BCUT2D eigenvalue weighted by Gasteiger charge is -2.09. The molecule has 0 aliphatic carbocycles. The van der Waals surface area contributed by atoms with Crippen LogP contribution in [0.5, 0.6) is 0 Å². The van der Waals surface area contributed by atoms with Crippen LogP contribution in [-0.4, -0.2) is 31.0 Å². The molecule has 4 heterocycles. The molecule has 4 aromatic heterocycles. The van der Waals surface area contributed by atoms with Crippen LogP contribution in [0.4, 0.5) is 5.95 Å². The van der Waals surface area contributed by atoms with Crippen LogP contribution in [0.3, 0.4) is 0 Å². The number of nitrogens with zero attached hydrogens (tertiary/aromatic N) is 5. The van der Waals surface area contributed by atoms with Crippen LogP contribution in [-0.2, 0) is 6.54 Å². The molecule has 8 heteroatoms. The van der Waals surface area contributed by atoms with Crippen molar-refractivity contribution in [2.45, 2.75) is 13.0 Å². The minimum absolute atomic E-state index is 0.635. The molecule has 0 amide bonds. The fourth-order valence-electron chi connectivity index (χ4n) is 2.46. The second kappa shape index (κ2) is 7.54. The van der Waals surface area contributed by atoms with E-state index in [4.69, 9.17) is 4.98 Å². The van der Waals surface area contributed by atoms with E-state index in [-0.39, 0.29) is 0 Å². The van der Waals surface area contributed by atoms with Crippen LogP contribution < -0.4 is 5.32 Å². The molecule has 0 aliphatic heterocycles. The third kappa shape index (κ3) is 3.75. The molecule has 25 heavy (non-hydrogen) atoms. The zero-order valence-corrected chi connectivity index (χ0v) is 15.0. The zero-order chi connectivity index (χ0) is 16.9. The van der Waals surface area contributed by atoms with Crippen molar-refractivity contribution < 1.29 is 0 Å². The number of thiophene rings is 1. The maximum absolute atomic E-state index is 4.72. The molecule has 0 bridgehead atoms. The summed E-state index contributed by atoms with van der Waals surface area (Å²) >= 11 is 3.27. The van der Waals surface area contributed by atoms with E-state index in [0.717, 1.165) is 40.7 Å². The van der Waals surface area contributed by atoms with Crippen LogP contribution in [0.15, 0.2) is 54.0 Å². The van der Waals surface area contributed by atoms with E-state index in [9.17, 15) is 0 Å². The number of anilines is 1. The van der Waals surface area contributed by atoms with Crippen LogP contribution in [0.2, 0.25) is 0 Å². The van der Waals surface area contributed by atoms with Gasteiger partial charge >= 0.3 is 0 Å². The molecule has 4 rings (SSSR count). The summed E-state index contributed by atoms with van der Waals surface area (Å²) in [7, 11) is 0. The van der Waals surface area contributed by atoms with Gasteiger partial charge in [-0.15, -0.1) is 22.7 Å². The van der Waals surface area contributed by atoms with Gasteiger partial charge in [0.1, 0.15) is 10.7 Å². The predicted octanol–water partition coefficient (Wildman–Crippen LogP) is 4.03. The standard InChI is InChI=1S/C17H16N6S2/c1-3-14(24-9-1)13-11-21-17(22-15(13)16-19-6-10-25-16)20-4-2-7-23-8-5-18-12-23/h1,3,5-6,8-12H,2,4,7H2,(H,20,21,22). The Labute approximate surface area is 153 Å². The van der Waals surface area contributed by atoms with E-state index in [1.807, 2.05) is 30.2 Å². The van der Waals surface area contributed by atoms with Crippen molar-refractivity contribution in [3.8, 4) is 21.1 Å². The van der Waals surface area contributed by atoms with Crippen molar-refractivity contribution in [1.29, 1.82) is 0 Å². The van der Waals surface area contributed by atoms with E-state index in [0.29, 0.717) is 5.95 Å². The van der Waals surface area contributed by atoms with E-state index < -0.39 is 0 Å². The normalized spacial score (nSPS) is 10.9. The number of aryl methyl sites for hydroxylation is 1. The monoisotopic (exact) mass is 368 g/mol. The molecule has 1 N–H and O–H groups in total. The molecular weight excluding hydrogens is 352 g/mol. The third-order valence-electron chi connectivity index (χ3n) is 3.65. The molecule has 126 valence electrons. The van der Waals surface area contributed by atoms with Crippen LogP contribution in [0.25, 0.3) is 21.1 Å². The minimum atomic E-state index is 0.635. The molecule has 0 radical (unpaired) electrons. The summed E-state index contributed by atoms with van der Waals surface area (Å²) < 4.78 is 2.06. The number of nitrogens with one attached hydrogen (secondary N) is 1. The summed E-state index contributed by atoms with van der Waals surface area (Å²) in [5.41, 5.74) is 1.90. The molecule has 0 saturated carbocycles. The van der Waals surface area contributed by atoms with Crippen molar-refractivity contribution in [2.75, 3.05) is 11.9 Å². The fraction of sp³-hybridized carbons (Fsp3) is 0.176. The van der Waals surface area contributed by atoms with Gasteiger partial charge in [-0.3, -0.25) is 0 Å². The molecule has 0 aromatic carbocycles. The first-order chi connectivity index (χ1) is 12.4. The lowest BCUT2D eigenvalue weighted by molar-refractivity contribution is 0.659. The highest BCUT2D eigenvalue weighted by molar-refractivity contribution is 7.14. The number of hydrogen-bond acceptors (Lipinski definition) is 7. The lowest BCUT2D eigenvalue weighted by atomic mass is 10.2. The maximum atomic E-state index is 4.72. The SMILES string of the molecule is c1csc(-c2cnc(NCCCn3ccnc3)nc2-c2nccs2)c1. The topological polar surface area (TPSA) is 68.5 Å². The molecule has 0 fully saturated rings. The molecule has 4 aromatic rings. The number of rotatable bonds is 7. The molecule has 0 aliphatic rings. The lowest BCUT2D eigenvalue weighted by Crippen LogP contribution is -2.09. The number of thiazole rings is 1. The van der Waals surface area contributed by atoms with Crippen molar-refractivity contribution in [3.05, 3.63) is 54.0 Å².